The zero-order chi connectivity index (χ0) is 14.9. The van der Waals surface area contributed by atoms with Crippen molar-refractivity contribution in [3.63, 3.8) is 0 Å². The molecule has 0 saturated carbocycles. The molecule has 0 heterocycles. The largest absolute Gasteiger partial charge is 0.384 e. The normalized spacial score (nSPS) is 13.3. The van der Waals surface area contributed by atoms with Crippen molar-refractivity contribution in [3.8, 4) is 0 Å². The summed E-state index contributed by atoms with van der Waals surface area (Å²) < 4.78 is 12.8. The van der Waals surface area contributed by atoms with Gasteiger partial charge in [-0.15, -0.1) is 0 Å². The van der Waals surface area contributed by atoms with E-state index in [1.165, 1.54) is 6.54 Å². The second-order valence-corrected chi connectivity index (χ2v) is 7.08. The fourth-order valence-corrected chi connectivity index (χ4v) is 2.63. The van der Waals surface area contributed by atoms with E-state index in [-0.39, 0.29) is 0 Å². The Morgan fingerprint density at radius 3 is 1.74 bits per heavy atom. The second kappa shape index (κ2) is 8.90. The predicted molar refractivity (Wildman–Crippen MR) is 81.0 cm³/mol. The van der Waals surface area contributed by atoms with Crippen LogP contribution < -0.4 is 0 Å². The maximum atomic E-state index is 5.62. The van der Waals surface area contributed by atoms with E-state index in [0.717, 1.165) is 48.2 Å². The molecular weight excluding hydrogens is 240 g/mol. The minimum absolute atomic E-state index is 0.344. The number of ether oxygens (including phenoxy) is 2. The molecule has 0 N–H and O–H groups in total. The van der Waals surface area contributed by atoms with Crippen LogP contribution in [0.3, 0.4) is 0 Å². The summed E-state index contributed by atoms with van der Waals surface area (Å²) in [6, 6.07) is 0. The van der Waals surface area contributed by atoms with Crippen molar-refractivity contribution < 1.29 is 18.4 Å². The molecular formula is C15H36N2O2+2. The first-order chi connectivity index (χ1) is 8.68. The van der Waals surface area contributed by atoms with Crippen molar-refractivity contribution in [1.29, 1.82) is 0 Å². The number of rotatable bonds is 11. The lowest BCUT2D eigenvalue weighted by Gasteiger charge is -2.38. The summed E-state index contributed by atoms with van der Waals surface area (Å²) in [7, 11) is 11.0. The van der Waals surface area contributed by atoms with Gasteiger partial charge < -0.3 is 9.47 Å². The summed E-state index contributed by atoms with van der Waals surface area (Å²) >= 11 is 0. The van der Waals surface area contributed by atoms with Crippen LogP contribution in [0.25, 0.3) is 0 Å². The third-order valence-corrected chi connectivity index (χ3v) is 3.24. The van der Waals surface area contributed by atoms with E-state index in [9.17, 15) is 0 Å². The Morgan fingerprint density at radius 2 is 1.32 bits per heavy atom. The standard InChI is InChI=1S/C15H36N2O2/c1-15(2)19-13-9-11-17(5,6)14-16(3,4)10-8-12-18-7/h15H,8-14H2,1-7H3/q+2. The Morgan fingerprint density at radius 1 is 0.842 bits per heavy atom. The average Bonchev–Trinajstić information content (AvgIpc) is 2.23. The molecule has 0 aromatic carbocycles. The van der Waals surface area contributed by atoms with Gasteiger partial charge in [-0.05, 0) is 13.8 Å². The first kappa shape index (κ1) is 18.8. The number of nitrogens with zero attached hydrogens (tertiary/aromatic N) is 2. The summed E-state index contributed by atoms with van der Waals surface area (Å²) in [5.74, 6) is 0. The molecule has 0 aromatic rings. The Hall–Kier alpha value is -0.160. The van der Waals surface area contributed by atoms with Crippen molar-refractivity contribution in [1.82, 2.24) is 0 Å². The van der Waals surface area contributed by atoms with Gasteiger partial charge in [-0.25, -0.2) is 0 Å². The van der Waals surface area contributed by atoms with E-state index in [1.807, 2.05) is 0 Å². The zero-order valence-corrected chi connectivity index (χ0v) is 14.2. The lowest BCUT2D eigenvalue weighted by atomic mass is 10.3. The van der Waals surface area contributed by atoms with E-state index in [1.54, 1.807) is 7.11 Å². The fourth-order valence-electron chi connectivity index (χ4n) is 2.63. The van der Waals surface area contributed by atoms with Gasteiger partial charge in [-0.1, -0.05) is 0 Å². The molecule has 0 aliphatic carbocycles. The summed E-state index contributed by atoms with van der Waals surface area (Å²) in [4.78, 5) is 0. The molecule has 116 valence electrons. The number of hydrogen-bond acceptors (Lipinski definition) is 2. The third-order valence-electron chi connectivity index (χ3n) is 3.24. The Balaban J connectivity index is 3.97. The lowest BCUT2D eigenvalue weighted by Crippen LogP contribution is -2.56. The molecule has 0 radical (unpaired) electrons. The van der Waals surface area contributed by atoms with Gasteiger partial charge in [0.1, 0.15) is 0 Å². The molecule has 0 amide bonds. The second-order valence-electron chi connectivity index (χ2n) is 7.08. The van der Waals surface area contributed by atoms with Crippen LogP contribution in [0, 0.1) is 0 Å². The molecule has 19 heavy (non-hydrogen) atoms. The van der Waals surface area contributed by atoms with Gasteiger partial charge in [0.05, 0.1) is 60.6 Å². The highest BCUT2D eigenvalue weighted by molar-refractivity contribution is 4.40. The van der Waals surface area contributed by atoms with Crippen LogP contribution >= 0.6 is 0 Å². The number of quaternary nitrogens is 2. The molecule has 0 aliphatic heterocycles. The third kappa shape index (κ3) is 11.4. The van der Waals surface area contributed by atoms with Crippen LogP contribution in [0.4, 0.5) is 0 Å². The van der Waals surface area contributed by atoms with Gasteiger partial charge in [0.25, 0.3) is 0 Å². The van der Waals surface area contributed by atoms with Crippen LogP contribution in [0.5, 0.6) is 0 Å². The monoisotopic (exact) mass is 276 g/mol. The molecule has 0 aliphatic rings. The first-order valence-electron chi connectivity index (χ1n) is 7.43. The Bertz CT molecular complexity index is 228. The SMILES string of the molecule is COCCC[N+](C)(C)C[N+](C)(C)CCCOC(C)C. The minimum atomic E-state index is 0.344. The first-order valence-corrected chi connectivity index (χ1v) is 7.43. The smallest absolute Gasteiger partial charge is 0.206 e. The van der Waals surface area contributed by atoms with Gasteiger partial charge in [0.2, 0.25) is 6.67 Å². The van der Waals surface area contributed by atoms with Gasteiger partial charge in [0.15, 0.2) is 0 Å². The number of hydrogen-bond donors (Lipinski definition) is 0. The highest BCUT2D eigenvalue weighted by Crippen LogP contribution is 2.09. The van der Waals surface area contributed by atoms with Crippen molar-refractivity contribution in [2.24, 2.45) is 0 Å². The van der Waals surface area contributed by atoms with Crippen LogP contribution in [0.1, 0.15) is 26.7 Å². The van der Waals surface area contributed by atoms with Crippen molar-refractivity contribution in [2.75, 3.05) is 68.3 Å². The van der Waals surface area contributed by atoms with E-state index in [0.29, 0.717) is 6.10 Å². The van der Waals surface area contributed by atoms with Crippen LogP contribution in [-0.4, -0.2) is 83.3 Å². The van der Waals surface area contributed by atoms with E-state index >= 15 is 0 Å². The molecule has 0 unspecified atom stereocenters. The summed E-state index contributed by atoms with van der Waals surface area (Å²) in [6.07, 6.45) is 2.60. The topological polar surface area (TPSA) is 18.5 Å². The molecule has 0 aromatic heterocycles. The molecule has 0 rings (SSSR count). The molecule has 0 bridgehead atoms. The molecule has 4 heteroatoms. The van der Waals surface area contributed by atoms with Crippen LogP contribution in [0.2, 0.25) is 0 Å². The van der Waals surface area contributed by atoms with Crippen LogP contribution in [-0.2, 0) is 9.47 Å². The maximum Gasteiger partial charge on any atom is 0.206 e. The Labute approximate surface area is 120 Å². The summed E-state index contributed by atoms with van der Waals surface area (Å²) in [5.41, 5.74) is 0. The zero-order valence-electron chi connectivity index (χ0n) is 14.2. The van der Waals surface area contributed by atoms with Gasteiger partial charge in [0, 0.05) is 20.0 Å². The maximum absolute atomic E-state index is 5.62. The van der Waals surface area contributed by atoms with E-state index in [2.05, 4.69) is 42.0 Å². The lowest BCUT2D eigenvalue weighted by molar-refractivity contribution is -1.07. The average molecular weight is 276 g/mol. The number of methoxy groups -OCH3 is 1. The quantitative estimate of drug-likeness (QED) is 0.326. The summed E-state index contributed by atoms with van der Waals surface area (Å²) in [5, 5.41) is 0. The minimum Gasteiger partial charge on any atom is -0.384 e. The highest BCUT2D eigenvalue weighted by atomic mass is 16.5. The molecule has 4 nitrogen and oxygen atoms in total. The predicted octanol–water partition coefficient (Wildman–Crippen LogP) is 1.95. The van der Waals surface area contributed by atoms with Gasteiger partial charge >= 0.3 is 0 Å². The highest BCUT2D eigenvalue weighted by Gasteiger charge is 2.26. The van der Waals surface area contributed by atoms with Gasteiger partial charge in [-0.2, -0.15) is 0 Å². The molecule has 0 fully saturated rings. The molecule has 0 spiro atoms. The molecule has 0 atom stereocenters. The van der Waals surface area contributed by atoms with Crippen molar-refractivity contribution in [3.05, 3.63) is 0 Å². The van der Waals surface area contributed by atoms with Gasteiger partial charge in [-0.3, -0.25) is 8.97 Å². The summed E-state index contributed by atoms with van der Waals surface area (Å²) in [6.45, 7) is 9.39. The van der Waals surface area contributed by atoms with Crippen LogP contribution in [0.15, 0.2) is 0 Å². The fraction of sp³-hybridized carbons (Fsp3) is 1.00. The van der Waals surface area contributed by atoms with Crippen molar-refractivity contribution in [2.45, 2.75) is 32.8 Å². The van der Waals surface area contributed by atoms with Crippen molar-refractivity contribution >= 4 is 0 Å². The molecule has 0 saturated heterocycles. The van der Waals surface area contributed by atoms with E-state index in [4.69, 9.17) is 9.47 Å². The Kier molecular flexibility index (Phi) is 8.83. The van der Waals surface area contributed by atoms with E-state index < -0.39 is 0 Å².